The third kappa shape index (κ3) is 4.63. The highest BCUT2D eigenvalue weighted by atomic mass is 35.5. The third-order valence-electron chi connectivity index (χ3n) is 2.31. The molecule has 0 radical (unpaired) electrons. The molecule has 5 heteroatoms. The smallest absolute Gasteiger partial charge is 0.305 e. The first-order chi connectivity index (χ1) is 9.05. The van der Waals surface area contributed by atoms with Crippen molar-refractivity contribution >= 4 is 25.3 Å². The quantitative estimate of drug-likeness (QED) is 0.517. The molecule has 0 amide bonds. The summed E-state index contributed by atoms with van der Waals surface area (Å²) in [5, 5.41) is 1.09. The van der Waals surface area contributed by atoms with Crippen LogP contribution < -0.4 is 0 Å². The monoisotopic (exact) mass is 300 g/mol. The SMILES string of the molecule is C=C/C(=C\c1ccc(Cl)cc1)P(=O)(OCC)OCC. The van der Waals surface area contributed by atoms with Crippen molar-refractivity contribution in [2.45, 2.75) is 13.8 Å². The van der Waals surface area contributed by atoms with Gasteiger partial charge in [-0.3, -0.25) is 4.57 Å². The van der Waals surface area contributed by atoms with Crippen LogP contribution in [0.5, 0.6) is 0 Å². The highest BCUT2D eigenvalue weighted by Crippen LogP contribution is 2.56. The summed E-state index contributed by atoms with van der Waals surface area (Å²) in [5.41, 5.74) is 0.860. The molecule has 0 saturated heterocycles. The lowest BCUT2D eigenvalue weighted by Gasteiger charge is -2.17. The third-order valence-corrected chi connectivity index (χ3v) is 4.70. The van der Waals surface area contributed by atoms with Crippen molar-refractivity contribution in [1.29, 1.82) is 0 Å². The van der Waals surface area contributed by atoms with Crippen molar-refractivity contribution < 1.29 is 13.6 Å². The maximum Gasteiger partial charge on any atom is 0.361 e. The Morgan fingerprint density at radius 1 is 1.26 bits per heavy atom. The van der Waals surface area contributed by atoms with Gasteiger partial charge in [-0.25, -0.2) is 0 Å². The maximum absolute atomic E-state index is 12.6. The predicted molar refractivity (Wildman–Crippen MR) is 80.5 cm³/mol. The summed E-state index contributed by atoms with van der Waals surface area (Å²) >= 11 is 5.83. The van der Waals surface area contributed by atoms with E-state index in [1.807, 2.05) is 12.1 Å². The molecule has 19 heavy (non-hydrogen) atoms. The van der Waals surface area contributed by atoms with Crippen LogP contribution in [-0.2, 0) is 13.6 Å². The van der Waals surface area contributed by atoms with Crippen molar-refractivity contribution in [1.82, 2.24) is 0 Å². The summed E-state index contributed by atoms with van der Waals surface area (Å²) < 4.78 is 23.2. The molecule has 0 saturated carbocycles. The van der Waals surface area contributed by atoms with E-state index in [4.69, 9.17) is 20.6 Å². The van der Waals surface area contributed by atoms with Gasteiger partial charge in [-0.1, -0.05) is 36.4 Å². The van der Waals surface area contributed by atoms with Gasteiger partial charge in [0.1, 0.15) is 0 Å². The van der Waals surface area contributed by atoms with Crippen LogP contribution in [0, 0.1) is 0 Å². The minimum Gasteiger partial charge on any atom is -0.305 e. The van der Waals surface area contributed by atoms with Gasteiger partial charge in [0.25, 0.3) is 0 Å². The fourth-order valence-corrected chi connectivity index (χ4v) is 3.22. The fourth-order valence-electron chi connectivity index (χ4n) is 1.51. The molecule has 104 valence electrons. The normalized spacial score (nSPS) is 12.5. The van der Waals surface area contributed by atoms with Crippen LogP contribution >= 0.6 is 19.2 Å². The van der Waals surface area contributed by atoms with Gasteiger partial charge in [0.2, 0.25) is 0 Å². The second-order valence-corrected chi connectivity index (χ2v) is 6.12. The minimum atomic E-state index is -3.30. The summed E-state index contributed by atoms with van der Waals surface area (Å²) in [7, 11) is -3.30. The van der Waals surface area contributed by atoms with E-state index in [0.717, 1.165) is 5.56 Å². The first-order valence-corrected chi connectivity index (χ1v) is 7.97. The van der Waals surface area contributed by atoms with Gasteiger partial charge in [-0.05, 0) is 37.6 Å². The van der Waals surface area contributed by atoms with Gasteiger partial charge >= 0.3 is 7.60 Å². The van der Waals surface area contributed by atoms with E-state index in [-0.39, 0.29) is 0 Å². The molecule has 0 spiro atoms. The zero-order valence-electron chi connectivity index (χ0n) is 11.1. The number of hydrogen-bond acceptors (Lipinski definition) is 3. The zero-order valence-corrected chi connectivity index (χ0v) is 12.8. The Morgan fingerprint density at radius 3 is 2.21 bits per heavy atom. The second kappa shape index (κ2) is 7.66. The standard InChI is InChI=1S/C14H18ClO3P/c1-4-14(19(16,17-5-2)18-6-3)11-12-7-9-13(15)10-8-12/h4,7-11H,1,5-6H2,2-3H3/b14-11+. The van der Waals surface area contributed by atoms with Crippen LogP contribution in [0.4, 0.5) is 0 Å². The van der Waals surface area contributed by atoms with Crippen LogP contribution in [-0.4, -0.2) is 13.2 Å². The topological polar surface area (TPSA) is 35.5 Å². The van der Waals surface area contributed by atoms with Gasteiger partial charge < -0.3 is 9.05 Å². The molecule has 1 rings (SSSR count). The van der Waals surface area contributed by atoms with Crippen LogP contribution in [0.3, 0.4) is 0 Å². The van der Waals surface area contributed by atoms with E-state index in [1.54, 1.807) is 32.1 Å². The zero-order chi connectivity index (χ0) is 14.3. The van der Waals surface area contributed by atoms with E-state index < -0.39 is 7.60 Å². The van der Waals surface area contributed by atoms with Crippen molar-refractivity contribution in [3.8, 4) is 0 Å². The number of halogens is 1. The van der Waals surface area contributed by atoms with Crippen molar-refractivity contribution in [3.63, 3.8) is 0 Å². The summed E-state index contributed by atoms with van der Waals surface area (Å²) in [6.07, 6.45) is 3.23. The molecule has 0 N–H and O–H groups in total. The number of rotatable bonds is 7. The lowest BCUT2D eigenvalue weighted by atomic mass is 10.2. The van der Waals surface area contributed by atoms with Gasteiger partial charge in [0.15, 0.2) is 0 Å². The molecular weight excluding hydrogens is 283 g/mol. The summed E-state index contributed by atoms with van der Waals surface area (Å²) in [6.45, 7) is 7.84. The van der Waals surface area contributed by atoms with Crippen LogP contribution in [0.1, 0.15) is 19.4 Å². The highest BCUT2D eigenvalue weighted by molar-refractivity contribution is 7.59. The Balaban J connectivity index is 3.12. The van der Waals surface area contributed by atoms with E-state index >= 15 is 0 Å². The van der Waals surface area contributed by atoms with Crippen LogP contribution in [0.15, 0.2) is 42.2 Å². The largest absolute Gasteiger partial charge is 0.361 e. The van der Waals surface area contributed by atoms with Crippen LogP contribution in [0.2, 0.25) is 5.02 Å². The van der Waals surface area contributed by atoms with Crippen molar-refractivity contribution in [2.75, 3.05) is 13.2 Å². The molecular formula is C14H18ClO3P. The molecule has 0 fully saturated rings. The molecule has 0 aliphatic heterocycles. The van der Waals surface area contributed by atoms with Gasteiger partial charge in [0.05, 0.1) is 18.5 Å². The number of benzene rings is 1. The first-order valence-electron chi connectivity index (χ1n) is 6.05. The van der Waals surface area contributed by atoms with Gasteiger partial charge in [-0.15, -0.1) is 0 Å². The molecule has 0 atom stereocenters. The summed E-state index contributed by atoms with van der Waals surface area (Å²) in [6, 6.07) is 7.18. The Labute approximate surface area is 119 Å². The lowest BCUT2D eigenvalue weighted by Crippen LogP contribution is -1.97. The van der Waals surface area contributed by atoms with Crippen molar-refractivity contribution in [2.24, 2.45) is 0 Å². The molecule has 1 aromatic rings. The average molecular weight is 301 g/mol. The van der Waals surface area contributed by atoms with E-state index in [0.29, 0.717) is 23.6 Å². The molecule has 1 aromatic carbocycles. The predicted octanol–water partition coefficient (Wildman–Crippen LogP) is 5.13. The average Bonchev–Trinajstić information content (AvgIpc) is 2.38. The molecule has 3 nitrogen and oxygen atoms in total. The second-order valence-electron chi connectivity index (χ2n) is 3.66. The first kappa shape index (κ1) is 16.2. The Bertz CT molecular complexity index is 484. The maximum atomic E-state index is 12.6. The molecule has 0 unspecified atom stereocenters. The summed E-state index contributed by atoms with van der Waals surface area (Å²) in [4.78, 5) is 0. The number of allylic oxidation sites excluding steroid dienone is 2. The Morgan fingerprint density at radius 2 is 1.79 bits per heavy atom. The van der Waals surface area contributed by atoms with E-state index in [9.17, 15) is 4.57 Å². The molecule has 0 aliphatic carbocycles. The molecule has 0 aromatic heterocycles. The Kier molecular flexibility index (Phi) is 6.53. The fraction of sp³-hybridized carbons (Fsp3) is 0.286. The highest BCUT2D eigenvalue weighted by Gasteiger charge is 2.27. The molecule has 0 heterocycles. The number of hydrogen-bond donors (Lipinski definition) is 0. The van der Waals surface area contributed by atoms with E-state index in [1.165, 1.54) is 6.08 Å². The van der Waals surface area contributed by atoms with Gasteiger partial charge in [0, 0.05) is 5.02 Å². The molecule has 0 bridgehead atoms. The van der Waals surface area contributed by atoms with Crippen molar-refractivity contribution in [3.05, 3.63) is 52.8 Å². The van der Waals surface area contributed by atoms with Crippen LogP contribution in [0.25, 0.3) is 6.08 Å². The minimum absolute atomic E-state index is 0.309. The van der Waals surface area contributed by atoms with E-state index in [2.05, 4.69) is 6.58 Å². The molecule has 0 aliphatic rings. The summed E-state index contributed by atoms with van der Waals surface area (Å²) in [5.74, 6) is 0. The Hall–Kier alpha value is -0.860. The van der Waals surface area contributed by atoms with Gasteiger partial charge in [-0.2, -0.15) is 0 Å². The lowest BCUT2D eigenvalue weighted by molar-refractivity contribution is 0.227.